The lowest BCUT2D eigenvalue weighted by molar-refractivity contribution is 0.229. The van der Waals surface area contributed by atoms with E-state index in [-0.39, 0.29) is 5.54 Å². The molecule has 1 heterocycles. The van der Waals surface area contributed by atoms with Crippen LogP contribution in [0, 0.1) is 0 Å². The molecule has 0 bridgehead atoms. The lowest BCUT2D eigenvalue weighted by Gasteiger charge is -2.34. The molecule has 1 aromatic carbocycles. The van der Waals surface area contributed by atoms with Crippen molar-refractivity contribution in [2.24, 2.45) is 5.73 Å². The molecular weight excluding hydrogens is 270 g/mol. The third-order valence-electron chi connectivity index (χ3n) is 3.59. The van der Waals surface area contributed by atoms with E-state index >= 15 is 0 Å². The first-order chi connectivity index (χ1) is 9.57. The third-order valence-corrected chi connectivity index (χ3v) is 4.61. The van der Waals surface area contributed by atoms with E-state index in [4.69, 9.17) is 10.3 Å². The zero-order valence-corrected chi connectivity index (χ0v) is 12.6. The normalized spacial score (nSPS) is 17.2. The summed E-state index contributed by atoms with van der Waals surface area (Å²) in [5, 5.41) is 4.62. The molecule has 0 amide bonds. The Morgan fingerprint density at radius 1 is 1.25 bits per heavy atom. The molecule has 0 unspecified atom stereocenters. The second-order valence-corrected chi connectivity index (χ2v) is 7.27. The smallest absolute Gasteiger partial charge is 0.257 e. The summed E-state index contributed by atoms with van der Waals surface area (Å²) in [5.41, 5.74) is 6.78. The van der Waals surface area contributed by atoms with E-state index in [2.05, 4.69) is 36.1 Å². The van der Waals surface area contributed by atoms with Gasteiger partial charge in [-0.25, -0.2) is 0 Å². The van der Waals surface area contributed by atoms with Gasteiger partial charge in [0.1, 0.15) is 0 Å². The summed E-state index contributed by atoms with van der Waals surface area (Å²) in [4.78, 5) is 5.70. The molecule has 0 saturated heterocycles. The first kappa shape index (κ1) is 13.6. The van der Waals surface area contributed by atoms with Gasteiger partial charge in [-0.05, 0) is 43.5 Å². The molecule has 4 nitrogen and oxygen atoms in total. The van der Waals surface area contributed by atoms with Crippen molar-refractivity contribution in [3.05, 3.63) is 30.1 Å². The van der Waals surface area contributed by atoms with Crippen molar-refractivity contribution in [1.82, 2.24) is 10.1 Å². The Morgan fingerprint density at radius 3 is 2.50 bits per heavy atom. The average molecular weight is 289 g/mol. The predicted molar refractivity (Wildman–Crippen MR) is 80.4 cm³/mol. The van der Waals surface area contributed by atoms with Gasteiger partial charge in [-0.1, -0.05) is 19.0 Å². The molecule has 3 rings (SSSR count). The summed E-state index contributed by atoms with van der Waals surface area (Å²) in [6.45, 7) is 4.37. The van der Waals surface area contributed by atoms with E-state index in [9.17, 15) is 0 Å². The fourth-order valence-electron chi connectivity index (χ4n) is 2.27. The summed E-state index contributed by atoms with van der Waals surface area (Å²) in [5.74, 6) is 1.19. The van der Waals surface area contributed by atoms with Crippen LogP contribution >= 0.6 is 11.8 Å². The van der Waals surface area contributed by atoms with Gasteiger partial charge in [0.25, 0.3) is 5.89 Å². The standard InChI is InChI=1S/C15H19N3OS/c1-10(2)20-12-6-4-11(5-7-12)13-17-14(18-19-13)15(16)8-3-9-15/h4-7,10H,3,8-9,16H2,1-2H3. The van der Waals surface area contributed by atoms with Crippen LogP contribution in [0.15, 0.2) is 33.7 Å². The fraction of sp³-hybridized carbons (Fsp3) is 0.467. The number of hydrogen-bond donors (Lipinski definition) is 1. The number of hydrogen-bond acceptors (Lipinski definition) is 5. The van der Waals surface area contributed by atoms with E-state index in [1.165, 1.54) is 4.90 Å². The number of rotatable bonds is 4. The highest BCUT2D eigenvalue weighted by atomic mass is 32.2. The van der Waals surface area contributed by atoms with Crippen molar-refractivity contribution in [3.8, 4) is 11.5 Å². The molecule has 1 aliphatic carbocycles. The molecule has 2 aromatic rings. The number of nitrogens with two attached hydrogens (primary N) is 1. The molecule has 1 fully saturated rings. The summed E-state index contributed by atoms with van der Waals surface area (Å²) >= 11 is 1.84. The molecule has 106 valence electrons. The van der Waals surface area contributed by atoms with Crippen LogP contribution in [0.25, 0.3) is 11.5 Å². The molecule has 0 atom stereocenters. The largest absolute Gasteiger partial charge is 0.334 e. The van der Waals surface area contributed by atoms with Crippen LogP contribution < -0.4 is 5.73 Å². The molecule has 5 heteroatoms. The maximum atomic E-state index is 6.21. The van der Waals surface area contributed by atoms with Crippen LogP contribution in [0.3, 0.4) is 0 Å². The van der Waals surface area contributed by atoms with Gasteiger partial charge >= 0.3 is 0 Å². The van der Waals surface area contributed by atoms with Gasteiger partial charge in [0, 0.05) is 15.7 Å². The molecule has 1 saturated carbocycles. The van der Waals surface area contributed by atoms with Crippen LogP contribution in [0.2, 0.25) is 0 Å². The Morgan fingerprint density at radius 2 is 1.95 bits per heavy atom. The molecule has 0 spiro atoms. The Bertz CT molecular complexity index is 587. The molecule has 0 radical (unpaired) electrons. The summed E-state index contributed by atoms with van der Waals surface area (Å²) in [6, 6.07) is 8.22. The second kappa shape index (κ2) is 5.22. The summed E-state index contributed by atoms with van der Waals surface area (Å²) in [6.07, 6.45) is 3.02. The van der Waals surface area contributed by atoms with Crippen molar-refractivity contribution in [2.75, 3.05) is 0 Å². The quantitative estimate of drug-likeness (QED) is 0.872. The van der Waals surface area contributed by atoms with Crippen molar-refractivity contribution in [1.29, 1.82) is 0 Å². The van der Waals surface area contributed by atoms with Gasteiger partial charge in [-0.2, -0.15) is 4.98 Å². The minimum atomic E-state index is -0.366. The monoisotopic (exact) mass is 289 g/mol. The molecule has 1 aromatic heterocycles. The molecule has 0 aliphatic heterocycles. The maximum absolute atomic E-state index is 6.21. The zero-order valence-electron chi connectivity index (χ0n) is 11.8. The van der Waals surface area contributed by atoms with Gasteiger partial charge < -0.3 is 10.3 Å². The highest BCUT2D eigenvalue weighted by molar-refractivity contribution is 7.99. The van der Waals surface area contributed by atoms with Gasteiger partial charge in [0.15, 0.2) is 5.82 Å². The van der Waals surface area contributed by atoms with Gasteiger partial charge in [0.05, 0.1) is 5.54 Å². The molecule has 2 N–H and O–H groups in total. The van der Waals surface area contributed by atoms with Crippen molar-refractivity contribution in [2.45, 2.75) is 48.8 Å². The summed E-state index contributed by atoms with van der Waals surface area (Å²) in [7, 11) is 0. The number of nitrogens with zero attached hydrogens (tertiary/aromatic N) is 2. The van der Waals surface area contributed by atoms with Crippen molar-refractivity contribution >= 4 is 11.8 Å². The minimum Gasteiger partial charge on any atom is -0.334 e. The Hall–Kier alpha value is -1.33. The van der Waals surface area contributed by atoms with Gasteiger partial charge in [0.2, 0.25) is 0 Å². The lowest BCUT2D eigenvalue weighted by Crippen LogP contribution is -2.44. The van der Waals surface area contributed by atoms with Gasteiger partial charge in [-0.15, -0.1) is 11.8 Å². The average Bonchev–Trinajstić information content (AvgIpc) is 2.86. The van der Waals surface area contributed by atoms with Crippen LogP contribution in [-0.4, -0.2) is 15.4 Å². The van der Waals surface area contributed by atoms with E-state index in [0.29, 0.717) is 17.0 Å². The molecule has 20 heavy (non-hydrogen) atoms. The predicted octanol–water partition coefficient (Wildman–Crippen LogP) is 3.58. The van der Waals surface area contributed by atoms with E-state index in [0.717, 1.165) is 24.8 Å². The number of benzene rings is 1. The minimum absolute atomic E-state index is 0.366. The number of aromatic nitrogens is 2. The second-order valence-electron chi connectivity index (χ2n) is 5.62. The Kier molecular flexibility index (Phi) is 3.56. The van der Waals surface area contributed by atoms with Crippen molar-refractivity contribution in [3.63, 3.8) is 0 Å². The first-order valence-corrected chi connectivity index (χ1v) is 7.85. The van der Waals surface area contributed by atoms with Crippen molar-refractivity contribution < 1.29 is 4.52 Å². The first-order valence-electron chi connectivity index (χ1n) is 6.97. The lowest BCUT2D eigenvalue weighted by atomic mass is 9.77. The maximum Gasteiger partial charge on any atom is 0.257 e. The SMILES string of the molecule is CC(C)Sc1ccc(-c2nc(C3(N)CCC3)no2)cc1. The Balaban J connectivity index is 1.79. The van der Waals surface area contributed by atoms with Gasteiger partial charge in [-0.3, -0.25) is 0 Å². The van der Waals surface area contributed by atoms with E-state index < -0.39 is 0 Å². The Labute approximate surface area is 123 Å². The zero-order chi connectivity index (χ0) is 14.2. The van der Waals surface area contributed by atoms with Crippen LogP contribution in [-0.2, 0) is 5.54 Å². The van der Waals surface area contributed by atoms with E-state index in [1.807, 2.05) is 23.9 Å². The van der Waals surface area contributed by atoms with Crippen LogP contribution in [0.5, 0.6) is 0 Å². The summed E-state index contributed by atoms with van der Waals surface area (Å²) < 4.78 is 5.35. The molecular formula is C15H19N3OS. The fourth-order valence-corrected chi connectivity index (χ4v) is 3.11. The number of thioether (sulfide) groups is 1. The highest BCUT2D eigenvalue weighted by Gasteiger charge is 2.39. The van der Waals surface area contributed by atoms with Crippen LogP contribution in [0.4, 0.5) is 0 Å². The highest BCUT2D eigenvalue weighted by Crippen LogP contribution is 2.37. The topological polar surface area (TPSA) is 64.9 Å². The third kappa shape index (κ3) is 2.60. The molecule has 1 aliphatic rings. The van der Waals surface area contributed by atoms with Crippen LogP contribution in [0.1, 0.15) is 38.9 Å². The van der Waals surface area contributed by atoms with E-state index in [1.54, 1.807) is 0 Å².